The predicted molar refractivity (Wildman–Crippen MR) is 32.1 cm³/mol. The first-order chi connectivity index (χ1) is 4.33. The minimum Gasteiger partial charge on any atom is -0.388 e. The van der Waals surface area contributed by atoms with E-state index in [0.29, 0.717) is 0 Å². The fraction of sp³-hybridized carbons (Fsp3) is 1.00. The molecule has 0 radical (unpaired) electrons. The molecule has 0 aromatic heterocycles. The highest BCUT2D eigenvalue weighted by Gasteiger charge is 2.48. The van der Waals surface area contributed by atoms with Crippen LogP contribution in [0.4, 0.5) is 0 Å². The normalized spacial score (nSPS) is 37.2. The third-order valence-electron chi connectivity index (χ3n) is 2.16. The van der Waals surface area contributed by atoms with Gasteiger partial charge in [-0.15, -0.1) is 0 Å². The molecule has 50 valence electrons. The Bertz CT molecular complexity index is 149. The maximum absolute atomic E-state index is 9.31. The van der Waals surface area contributed by atoms with Crippen LogP contribution in [-0.2, 0) is 0 Å². The summed E-state index contributed by atoms with van der Waals surface area (Å²) in [6.45, 7) is 0. The molecule has 2 rings (SSSR count). The zero-order valence-electron chi connectivity index (χ0n) is 5.25. The van der Waals surface area contributed by atoms with Crippen LogP contribution in [0.2, 0.25) is 0 Å². The molecule has 2 aliphatic rings. The van der Waals surface area contributed by atoms with E-state index >= 15 is 0 Å². The molecule has 1 aliphatic carbocycles. The summed E-state index contributed by atoms with van der Waals surface area (Å²) >= 11 is 0. The quantitative estimate of drug-likeness (QED) is 0.518. The van der Waals surface area contributed by atoms with E-state index in [9.17, 15) is 5.11 Å². The first-order valence-electron chi connectivity index (χ1n) is 3.46. The molecule has 1 fully saturated rings. The predicted octanol–water partition coefficient (Wildman–Crippen LogP) is 1.08. The summed E-state index contributed by atoms with van der Waals surface area (Å²) in [7, 11) is 0. The standard InChI is InChI=1S/C6H10N2O/c9-5-3-1-2-4-6(5)7-8-6/h5,9H,1-4H2. The zero-order chi connectivity index (χ0) is 6.32. The number of nitrogens with zero attached hydrogens (tertiary/aromatic N) is 2. The first kappa shape index (κ1) is 5.35. The lowest BCUT2D eigenvalue weighted by atomic mass is 9.90. The van der Waals surface area contributed by atoms with Crippen LogP contribution in [0.5, 0.6) is 0 Å². The van der Waals surface area contributed by atoms with Crippen molar-refractivity contribution in [3.8, 4) is 0 Å². The fourth-order valence-electron chi connectivity index (χ4n) is 1.42. The van der Waals surface area contributed by atoms with Crippen LogP contribution in [0.15, 0.2) is 10.2 Å². The van der Waals surface area contributed by atoms with Crippen molar-refractivity contribution in [1.82, 2.24) is 0 Å². The van der Waals surface area contributed by atoms with Gasteiger partial charge in [-0.25, -0.2) is 0 Å². The summed E-state index contributed by atoms with van der Waals surface area (Å²) in [6.07, 6.45) is 3.88. The van der Waals surface area contributed by atoms with Gasteiger partial charge in [0.15, 0.2) is 0 Å². The molecular weight excluding hydrogens is 116 g/mol. The van der Waals surface area contributed by atoms with Crippen molar-refractivity contribution in [2.45, 2.75) is 37.5 Å². The van der Waals surface area contributed by atoms with E-state index in [2.05, 4.69) is 10.2 Å². The summed E-state index contributed by atoms with van der Waals surface area (Å²) in [5.74, 6) is 0. The van der Waals surface area contributed by atoms with Crippen molar-refractivity contribution >= 4 is 0 Å². The Morgan fingerprint density at radius 2 is 2.11 bits per heavy atom. The van der Waals surface area contributed by atoms with Gasteiger partial charge in [0.25, 0.3) is 0 Å². The second-order valence-corrected chi connectivity index (χ2v) is 2.84. The van der Waals surface area contributed by atoms with Gasteiger partial charge in [-0.05, 0) is 19.3 Å². The molecule has 0 aromatic carbocycles. The van der Waals surface area contributed by atoms with Crippen LogP contribution >= 0.6 is 0 Å². The lowest BCUT2D eigenvalue weighted by Gasteiger charge is -2.22. The molecule has 1 unspecified atom stereocenters. The Labute approximate surface area is 53.8 Å². The van der Waals surface area contributed by atoms with Gasteiger partial charge in [0, 0.05) is 0 Å². The number of hydrogen-bond donors (Lipinski definition) is 1. The Morgan fingerprint density at radius 1 is 1.33 bits per heavy atom. The molecule has 1 saturated carbocycles. The van der Waals surface area contributed by atoms with E-state index in [-0.39, 0.29) is 11.8 Å². The molecule has 3 nitrogen and oxygen atoms in total. The molecule has 0 aromatic rings. The smallest absolute Gasteiger partial charge is 0.216 e. The lowest BCUT2D eigenvalue weighted by Crippen LogP contribution is -2.32. The number of rotatable bonds is 0. The highest BCUT2D eigenvalue weighted by Crippen LogP contribution is 2.42. The van der Waals surface area contributed by atoms with Gasteiger partial charge in [-0.2, -0.15) is 10.2 Å². The Hall–Kier alpha value is -0.440. The lowest BCUT2D eigenvalue weighted by molar-refractivity contribution is 0.0864. The summed E-state index contributed by atoms with van der Waals surface area (Å²) in [5, 5.41) is 17.0. The van der Waals surface area contributed by atoms with Crippen molar-refractivity contribution < 1.29 is 5.11 Å². The zero-order valence-corrected chi connectivity index (χ0v) is 5.25. The summed E-state index contributed by atoms with van der Waals surface area (Å²) in [6, 6.07) is 0. The van der Waals surface area contributed by atoms with Crippen molar-refractivity contribution in [2.24, 2.45) is 10.2 Å². The van der Waals surface area contributed by atoms with E-state index in [1.165, 1.54) is 6.42 Å². The van der Waals surface area contributed by atoms with Gasteiger partial charge in [0.1, 0.15) is 6.10 Å². The molecule has 3 heteroatoms. The molecule has 1 spiro atoms. The van der Waals surface area contributed by atoms with Gasteiger partial charge in [-0.1, -0.05) is 6.42 Å². The highest BCUT2D eigenvalue weighted by molar-refractivity contribution is 5.01. The fourth-order valence-corrected chi connectivity index (χ4v) is 1.42. The van der Waals surface area contributed by atoms with Gasteiger partial charge in [0.05, 0.1) is 0 Å². The molecule has 0 amide bonds. The van der Waals surface area contributed by atoms with Crippen LogP contribution < -0.4 is 0 Å². The SMILES string of the molecule is OC1CCCCC12N=N2. The van der Waals surface area contributed by atoms with Crippen LogP contribution in [0.25, 0.3) is 0 Å². The third kappa shape index (κ3) is 0.678. The number of hydrogen-bond acceptors (Lipinski definition) is 3. The largest absolute Gasteiger partial charge is 0.388 e. The molecular formula is C6H10N2O. The topological polar surface area (TPSA) is 45.0 Å². The number of aliphatic hydroxyl groups is 1. The Kier molecular flexibility index (Phi) is 0.913. The van der Waals surface area contributed by atoms with Crippen molar-refractivity contribution in [3.05, 3.63) is 0 Å². The average molecular weight is 126 g/mol. The van der Waals surface area contributed by atoms with Crippen molar-refractivity contribution in [2.75, 3.05) is 0 Å². The molecule has 1 heterocycles. The van der Waals surface area contributed by atoms with E-state index in [1.807, 2.05) is 0 Å². The third-order valence-corrected chi connectivity index (χ3v) is 2.16. The van der Waals surface area contributed by atoms with Gasteiger partial charge in [-0.3, -0.25) is 0 Å². The van der Waals surface area contributed by atoms with Gasteiger partial charge < -0.3 is 5.11 Å². The van der Waals surface area contributed by atoms with Crippen molar-refractivity contribution in [3.63, 3.8) is 0 Å². The minimum atomic E-state index is -0.307. The summed E-state index contributed by atoms with van der Waals surface area (Å²) in [4.78, 5) is 0. The molecule has 1 N–H and O–H groups in total. The maximum atomic E-state index is 9.31. The van der Waals surface area contributed by atoms with Crippen LogP contribution in [-0.4, -0.2) is 16.9 Å². The van der Waals surface area contributed by atoms with E-state index < -0.39 is 0 Å². The highest BCUT2D eigenvalue weighted by atomic mass is 16.3. The second kappa shape index (κ2) is 1.53. The second-order valence-electron chi connectivity index (χ2n) is 2.84. The van der Waals surface area contributed by atoms with Crippen LogP contribution in [0.1, 0.15) is 25.7 Å². The van der Waals surface area contributed by atoms with Gasteiger partial charge in [0.2, 0.25) is 5.66 Å². The first-order valence-corrected chi connectivity index (χ1v) is 3.46. The summed E-state index contributed by atoms with van der Waals surface area (Å²) < 4.78 is 0. The van der Waals surface area contributed by atoms with E-state index in [4.69, 9.17) is 0 Å². The molecule has 0 bridgehead atoms. The molecule has 1 aliphatic heterocycles. The summed E-state index contributed by atoms with van der Waals surface area (Å²) in [5.41, 5.74) is -0.307. The monoisotopic (exact) mass is 126 g/mol. The Balaban J connectivity index is 2.04. The average Bonchev–Trinajstić information content (AvgIpc) is 2.60. The van der Waals surface area contributed by atoms with Crippen LogP contribution in [0.3, 0.4) is 0 Å². The van der Waals surface area contributed by atoms with E-state index in [0.717, 1.165) is 19.3 Å². The maximum Gasteiger partial charge on any atom is 0.216 e. The minimum absolute atomic E-state index is 0.272. The molecule has 0 saturated heterocycles. The van der Waals surface area contributed by atoms with Crippen molar-refractivity contribution in [1.29, 1.82) is 0 Å². The van der Waals surface area contributed by atoms with E-state index in [1.54, 1.807) is 0 Å². The molecule has 1 atom stereocenters. The van der Waals surface area contributed by atoms with Crippen LogP contribution in [0, 0.1) is 0 Å². The molecule has 9 heavy (non-hydrogen) atoms. The Morgan fingerprint density at radius 3 is 2.56 bits per heavy atom. The number of aliphatic hydroxyl groups excluding tert-OH is 1. The van der Waals surface area contributed by atoms with Gasteiger partial charge >= 0.3 is 0 Å².